The Hall–Kier alpha value is -2.79. The fourth-order valence-corrected chi connectivity index (χ4v) is 2.93. The van der Waals surface area contributed by atoms with Crippen LogP contribution in [-0.2, 0) is 25.5 Å². The normalized spacial score (nSPS) is 10.7. The molecule has 0 aliphatic carbocycles. The van der Waals surface area contributed by atoms with E-state index in [9.17, 15) is 14.4 Å². The van der Waals surface area contributed by atoms with Gasteiger partial charge in [0, 0.05) is 6.42 Å². The molecule has 0 aliphatic rings. The van der Waals surface area contributed by atoms with E-state index in [-0.39, 0.29) is 24.4 Å². The maximum absolute atomic E-state index is 12.3. The highest BCUT2D eigenvalue weighted by Crippen LogP contribution is 2.17. The summed E-state index contributed by atoms with van der Waals surface area (Å²) < 4.78 is 10.0. The van der Waals surface area contributed by atoms with Crippen LogP contribution in [0.2, 0.25) is 0 Å². The molecule has 0 aromatic heterocycles. The minimum atomic E-state index is -0.901. The second-order valence-electron chi connectivity index (χ2n) is 7.27. The number of ketones is 1. The van der Waals surface area contributed by atoms with E-state index in [1.165, 1.54) is 7.11 Å². The highest BCUT2D eigenvalue weighted by Gasteiger charge is 2.34. The van der Waals surface area contributed by atoms with Crippen molar-refractivity contribution in [1.82, 2.24) is 0 Å². The number of nitrogens with zero attached hydrogens (tertiary/aromatic N) is 2. The number of hydrogen-bond donors (Lipinski definition) is 0. The molecule has 0 saturated carbocycles. The van der Waals surface area contributed by atoms with Gasteiger partial charge in [0.15, 0.2) is 0 Å². The van der Waals surface area contributed by atoms with Gasteiger partial charge in [-0.3, -0.25) is 4.79 Å². The zero-order valence-electron chi connectivity index (χ0n) is 17.1. The van der Waals surface area contributed by atoms with Crippen LogP contribution in [0.5, 0.6) is 0 Å². The van der Waals surface area contributed by atoms with Gasteiger partial charge in [0.1, 0.15) is 6.10 Å². The van der Waals surface area contributed by atoms with Crippen molar-refractivity contribution in [2.45, 2.75) is 53.1 Å². The average molecular weight is 388 g/mol. The molecule has 0 radical (unpaired) electrons. The van der Waals surface area contributed by atoms with Gasteiger partial charge in [0.05, 0.1) is 12.7 Å². The van der Waals surface area contributed by atoms with E-state index in [1.807, 2.05) is 27.7 Å². The third-order valence-electron chi connectivity index (χ3n) is 4.36. The zero-order valence-corrected chi connectivity index (χ0v) is 17.1. The number of carbonyl (C=O) groups excluding carboxylic acids is 3. The lowest BCUT2D eigenvalue weighted by atomic mass is 9.96. The summed E-state index contributed by atoms with van der Waals surface area (Å²) in [5.41, 5.74) is 9.91. The number of Topliss-reactive ketones (excluding diaryl/α,β-unsaturated/α-hetero) is 1. The molecule has 1 aromatic rings. The predicted molar refractivity (Wildman–Crippen MR) is 104 cm³/mol. The number of esters is 2. The first-order chi connectivity index (χ1) is 13.2. The van der Waals surface area contributed by atoms with E-state index >= 15 is 0 Å². The maximum Gasteiger partial charge on any atom is 0.441 e. The monoisotopic (exact) mass is 388 g/mol. The number of hydrogen-bond acceptors (Lipinski definition) is 5. The van der Waals surface area contributed by atoms with Crippen LogP contribution in [0.25, 0.3) is 5.53 Å². The SMILES string of the molecule is COC(=O)c1ccc(CCCC(=O)C(=[N+]=[N-])C(=O)OC(C(C)C)C(C)C)cc1. The van der Waals surface area contributed by atoms with Crippen molar-refractivity contribution in [3.05, 3.63) is 40.9 Å². The summed E-state index contributed by atoms with van der Waals surface area (Å²) in [5.74, 6) is -1.73. The largest absolute Gasteiger partial charge is 0.465 e. The van der Waals surface area contributed by atoms with Gasteiger partial charge in [-0.15, -0.1) is 0 Å². The molecule has 0 aliphatic heterocycles. The molecule has 0 amide bonds. The summed E-state index contributed by atoms with van der Waals surface area (Å²) in [6, 6.07) is 6.86. The van der Waals surface area contributed by atoms with Gasteiger partial charge in [0.25, 0.3) is 5.78 Å². The summed E-state index contributed by atoms with van der Waals surface area (Å²) in [5, 5.41) is 0. The molecule has 0 fully saturated rings. The van der Waals surface area contributed by atoms with Crippen LogP contribution in [0.15, 0.2) is 24.3 Å². The minimum Gasteiger partial charge on any atom is -0.465 e. The molecule has 0 atom stereocenters. The van der Waals surface area contributed by atoms with E-state index in [2.05, 4.69) is 9.53 Å². The van der Waals surface area contributed by atoms with Gasteiger partial charge in [-0.25, -0.2) is 9.59 Å². The van der Waals surface area contributed by atoms with Crippen LogP contribution >= 0.6 is 0 Å². The van der Waals surface area contributed by atoms with Crippen molar-refractivity contribution in [2.75, 3.05) is 7.11 Å². The number of carbonyl (C=O) groups is 3. The van der Waals surface area contributed by atoms with Crippen LogP contribution in [0, 0.1) is 11.8 Å². The number of rotatable bonds is 10. The number of aryl methyl sites for hydroxylation is 1. The molecule has 7 nitrogen and oxygen atoms in total. The molecule has 0 N–H and O–H groups in total. The second-order valence-corrected chi connectivity index (χ2v) is 7.27. The highest BCUT2D eigenvalue weighted by molar-refractivity contribution is 6.62. The lowest BCUT2D eigenvalue weighted by Gasteiger charge is -2.23. The summed E-state index contributed by atoms with van der Waals surface area (Å²) >= 11 is 0. The van der Waals surface area contributed by atoms with E-state index in [0.29, 0.717) is 18.4 Å². The molecule has 152 valence electrons. The maximum atomic E-state index is 12.3. The molecular weight excluding hydrogens is 360 g/mol. The Morgan fingerprint density at radius 3 is 2.07 bits per heavy atom. The Morgan fingerprint density at radius 2 is 1.61 bits per heavy atom. The minimum absolute atomic E-state index is 0.0429. The summed E-state index contributed by atoms with van der Waals surface area (Å²) in [6.45, 7) is 7.67. The molecule has 0 heterocycles. The third-order valence-corrected chi connectivity index (χ3v) is 4.36. The van der Waals surface area contributed by atoms with Crippen LogP contribution < -0.4 is 0 Å². The van der Waals surface area contributed by atoms with Crippen LogP contribution in [0.1, 0.15) is 56.5 Å². The first kappa shape index (κ1) is 23.2. The molecule has 0 bridgehead atoms. The van der Waals surface area contributed by atoms with Crippen molar-refractivity contribution in [3.63, 3.8) is 0 Å². The Balaban J connectivity index is 2.61. The Bertz CT molecular complexity index is 739. The van der Waals surface area contributed by atoms with Crippen molar-refractivity contribution in [3.8, 4) is 0 Å². The summed E-state index contributed by atoms with van der Waals surface area (Å²) in [7, 11) is 1.32. The van der Waals surface area contributed by atoms with Crippen molar-refractivity contribution in [1.29, 1.82) is 0 Å². The highest BCUT2D eigenvalue weighted by atomic mass is 16.5. The molecule has 28 heavy (non-hydrogen) atoms. The van der Waals surface area contributed by atoms with E-state index < -0.39 is 23.4 Å². The standard InChI is InChI=1S/C21H28N2O5/c1-13(2)19(14(3)4)28-21(26)18(23-22)17(24)8-6-7-15-9-11-16(12-10-15)20(25)27-5/h9-14,19H,6-8H2,1-5H3. The fraction of sp³-hybridized carbons (Fsp3) is 0.524. The summed E-state index contributed by atoms with van der Waals surface area (Å²) in [4.78, 5) is 38.8. The Kier molecular flexibility index (Phi) is 9.25. The van der Waals surface area contributed by atoms with Crippen LogP contribution in [-0.4, -0.2) is 41.4 Å². The van der Waals surface area contributed by atoms with Gasteiger partial charge >= 0.3 is 17.7 Å². The van der Waals surface area contributed by atoms with E-state index in [4.69, 9.17) is 10.3 Å². The van der Waals surface area contributed by atoms with Crippen molar-refractivity contribution >= 4 is 23.4 Å². The smallest absolute Gasteiger partial charge is 0.441 e. The first-order valence-electron chi connectivity index (χ1n) is 9.34. The average Bonchev–Trinajstić information content (AvgIpc) is 2.66. The van der Waals surface area contributed by atoms with Gasteiger partial charge in [0.2, 0.25) is 0 Å². The number of methoxy groups -OCH3 is 1. The first-order valence-corrected chi connectivity index (χ1v) is 9.34. The summed E-state index contributed by atoms with van der Waals surface area (Å²) in [6.07, 6.45) is 0.703. The lowest BCUT2D eigenvalue weighted by molar-refractivity contribution is -0.151. The molecule has 1 aromatic carbocycles. The molecule has 0 saturated heterocycles. The molecule has 0 spiro atoms. The van der Waals surface area contributed by atoms with Gasteiger partial charge < -0.3 is 15.0 Å². The molecular formula is C21H28N2O5. The van der Waals surface area contributed by atoms with Crippen LogP contribution in [0.4, 0.5) is 0 Å². The van der Waals surface area contributed by atoms with Gasteiger partial charge in [-0.05, 0) is 42.4 Å². The molecule has 1 rings (SSSR count). The zero-order chi connectivity index (χ0) is 21.3. The quantitative estimate of drug-likeness (QED) is 0.201. The van der Waals surface area contributed by atoms with E-state index in [0.717, 1.165) is 5.56 Å². The topological polar surface area (TPSA) is 106 Å². The van der Waals surface area contributed by atoms with Gasteiger partial charge in [-0.2, -0.15) is 4.79 Å². The van der Waals surface area contributed by atoms with Gasteiger partial charge in [-0.1, -0.05) is 39.8 Å². The fourth-order valence-electron chi connectivity index (χ4n) is 2.93. The second kappa shape index (κ2) is 11.1. The predicted octanol–water partition coefficient (Wildman–Crippen LogP) is 3.26. The number of benzene rings is 1. The van der Waals surface area contributed by atoms with E-state index in [1.54, 1.807) is 24.3 Å². The van der Waals surface area contributed by atoms with Crippen LogP contribution in [0.3, 0.4) is 0 Å². The molecule has 0 unspecified atom stereocenters. The number of ether oxygens (including phenoxy) is 2. The lowest BCUT2D eigenvalue weighted by Crippen LogP contribution is -2.35. The molecule has 7 heteroatoms. The van der Waals surface area contributed by atoms with Crippen molar-refractivity contribution in [2.24, 2.45) is 11.8 Å². The Labute approximate surface area is 165 Å². The van der Waals surface area contributed by atoms with Crippen molar-refractivity contribution < 1.29 is 28.6 Å². The third kappa shape index (κ3) is 6.74. The Morgan fingerprint density at radius 1 is 1.04 bits per heavy atom.